The predicted molar refractivity (Wildman–Crippen MR) is 89.6 cm³/mol. The van der Waals surface area contributed by atoms with Crippen LogP contribution in [0.2, 0.25) is 0 Å². The summed E-state index contributed by atoms with van der Waals surface area (Å²) >= 11 is 0. The van der Waals surface area contributed by atoms with E-state index in [1.807, 2.05) is 27.7 Å². The Balaban J connectivity index is 2.52. The molecule has 0 bridgehead atoms. The number of ketones is 1. The standard InChI is InChI=1S/C19H22O4/c1-9(2)10-7-11-14(21)8-12-16(15(11)18(23)17(10)22)13(20)5-6-19(12,3)4/h7-9,21-23H,5-6H2,1-4H3. The molecule has 0 saturated heterocycles. The summed E-state index contributed by atoms with van der Waals surface area (Å²) in [7, 11) is 0. The van der Waals surface area contributed by atoms with Crippen LogP contribution in [-0.4, -0.2) is 21.1 Å². The molecule has 0 unspecified atom stereocenters. The third-order valence-electron chi connectivity index (χ3n) is 4.99. The zero-order chi connectivity index (χ0) is 17.1. The number of rotatable bonds is 1. The minimum atomic E-state index is -0.315. The van der Waals surface area contributed by atoms with Crippen LogP contribution in [0.15, 0.2) is 12.1 Å². The highest BCUT2D eigenvalue weighted by Crippen LogP contribution is 2.49. The molecule has 4 nitrogen and oxygen atoms in total. The third kappa shape index (κ3) is 2.16. The van der Waals surface area contributed by atoms with Crippen molar-refractivity contribution in [1.29, 1.82) is 0 Å². The van der Waals surface area contributed by atoms with Gasteiger partial charge in [0.2, 0.25) is 0 Å². The summed E-state index contributed by atoms with van der Waals surface area (Å²) in [5.41, 5.74) is 1.43. The molecule has 0 aliphatic heterocycles. The lowest BCUT2D eigenvalue weighted by atomic mass is 9.70. The molecule has 0 atom stereocenters. The molecule has 0 spiro atoms. The second kappa shape index (κ2) is 4.88. The summed E-state index contributed by atoms with van der Waals surface area (Å²) in [6, 6.07) is 3.30. The molecular formula is C19H22O4. The molecule has 4 heteroatoms. The molecule has 0 heterocycles. The third-order valence-corrected chi connectivity index (χ3v) is 4.99. The molecule has 0 saturated carbocycles. The van der Waals surface area contributed by atoms with Gasteiger partial charge in [0, 0.05) is 28.3 Å². The van der Waals surface area contributed by atoms with Crippen molar-refractivity contribution in [1.82, 2.24) is 0 Å². The van der Waals surface area contributed by atoms with Crippen molar-refractivity contribution in [2.45, 2.75) is 51.9 Å². The van der Waals surface area contributed by atoms with Gasteiger partial charge in [0.25, 0.3) is 0 Å². The monoisotopic (exact) mass is 314 g/mol. The van der Waals surface area contributed by atoms with E-state index in [0.717, 1.165) is 5.56 Å². The van der Waals surface area contributed by atoms with Crippen molar-refractivity contribution in [2.24, 2.45) is 0 Å². The first-order valence-electron chi connectivity index (χ1n) is 7.93. The molecule has 1 aliphatic rings. The first kappa shape index (κ1) is 15.7. The van der Waals surface area contributed by atoms with Crippen molar-refractivity contribution in [2.75, 3.05) is 0 Å². The maximum absolute atomic E-state index is 12.5. The molecule has 1 aliphatic carbocycles. The maximum atomic E-state index is 12.5. The zero-order valence-electron chi connectivity index (χ0n) is 13.9. The van der Waals surface area contributed by atoms with E-state index < -0.39 is 0 Å². The van der Waals surface area contributed by atoms with Crippen LogP contribution in [0.5, 0.6) is 17.2 Å². The largest absolute Gasteiger partial charge is 0.507 e. The smallest absolute Gasteiger partial charge is 0.166 e. The summed E-state index contributed by atoms with van der Waals surface area (Å²) in [4.78, 5) is 12.5. The Bertz CT molecular complexity index is 831. The number of aromatic hydroxyl groups is 3. The zero-order valence-corrected chi connectivity index (χ0v) is 13.9. The summed E-state index contributed by atoms with van der Waals surface area (Å²) < 4.78 is 0. The van der Waals surface area contributed by atoms with Crippen molar-refractivity contribution in [3.8, 4) is 17.2 Å². The Morgan fingerprint density at radius 2 is 1.74 bits per heavy atom. The normalized spacial score (nSPS) is 16.8. The van der Waals surface area contributed by atoms with Crippen LogP contribution in [-0.2, 0) is 5.41 Å². The molecule has 0 fully saturated rings. The van der Waals surface area contributed by atoms with E-state index in [2.05, 4.69) is 0 Å². The van der Waals surface area contributed by atoms with Crippen molar-refractivity contribution in [3.63, 3.8) is 0 Å². The number of phenols is 3. The van der Waals surface area contributed by atoms with E-state index in [0.29, 0.717) is 29.4 Å². The van der Waals surface area contributed by atoms with Crippen LogP contribution in [0.3, 0.4) is 0 Å². The highest BCUT2D eigenvalue weighted by atomic mass is 16.3. The summed E-state index contributed by atoms with van der Waals surface area (Å²) in [6.45, 7) is 7.82. The molecular weight excluding hydrogens is 292 g/mol. The van der Waals surface area contributed by atoms with E-state index in [9.17, 15) is 20.1 Å². The van der Waals surface area contributed by atoms with Gasteiger partial charge < -0.3 is 15.3 Å². The number of carbonyl (C=O) groups is 1. The molecule has 0 amide bonds. The Morgan fingerprint density at radius 3 is 2.35 bits per heavy atom. The average Bonchev–Trinajstić information content (AvgIpc) is 2.46. The van der Waals surface area contributed by atoms with E-state index in [1.54, 1.807) is 12.1 Å². The molecule has 23 heavy (non-hydrogen) atoms. The number of phenolic OH excluding ortho intramolecular Hbond substituents is 3. The summed E-state index contributed by atoms with van der Waals surface area (Å²) in [6.07, 6.45) is 1.09. The van der Waals surface area contributed by atoms with Crippen LogP contribution in [0.4, 0.5) is 0 Å². The average molecular weight is 314 g/mol. The molecule has 0 radical (unpaired) electrons. The fourth-order valence-electron chi connectivity index (χ4n) is 3.50. The fourth-order valence-corrected chi connectivity index (χ4v) is 3.50. The number of hydrogen-bond acceptors (Lipinski definition) is 4. The second-order valence-corrected chi connectivity index (χ2v) is 7.37. The van der Waals surface area contributed by atoms with Gasteiger partial charge in [0.1, 0.15) is 5.75 Å². The van der Waals surface area contributed by atoms with Gasteiger partial charge in [-0.2, -0.15) is 0 Å². The van der Waals surface area contributed by atoms with Crippen molar-refractivity contribution in [3.05, 3.63) is 28.8 Å². The number of carbonyl (C=O) groups excluding carboxylic acids is 1. The van der Waals surface area contributed by atoms with Crippen LogP contribution in [0.25, 0.3) is 10.8 Å². The highest BCUT2D eigenvalue weighted by molar-refractivity contribution is 6.14. The van der Waals surface area contributed by atoms with Crippen LogP contribution in [0, 0.1) is 0 Å². The number of hydrogen-bond donors (Lipinski definition) is 3. The van der Waals surface area contributed by atoms with Gasteiger partial charge in [-0.15, -0.1) is 0 Å². The fraction of sp³-hybridized carbons (Fsp3) is 0.421. The molecule has 2 aromatic rings. The number of benzene rings is 2. The quantitative estimate of drug-likeness (QED) is 0.684. The van der Waals surface area contributed by atoms with Gasteiger partial charge in [-0.1, -0.05) is 27.7 Å². The number of Topliss-reactive ketones (excluding diaryl/α,β-unsaturated/α-hetero) is 1. The molecule has 3 N–H and O–H groups in total. The summed E-state index contributed by atoms with van der Waals surface area (Å²) in [5.74, 6) is -0.580. The minimum Gasteiger partial charge on any atom is -0.507 e. The molecule has 0 aromatic heterocycles. The SMILES string of the molecule is CC(C)c1cc2c(O)cc3c(c2c(O)c1O)C(=O)CCC3(C)C. The van der Waals surface area contributed by atoms with Gasteiger partial charge in [-0.3, -0.25) is 4.79 Å². The van der Waals surface area contributed by atoms with Gasteiger partial charge in [0.05, 0.1) is 0 Å². The number of fused-ring (bicyclic) bond motifs is 3. The van der Waals surface area contributed by atoms with Crippen molar-refractivity contribution < 1.29 is 20.1 Å². The second-order valence-electron chi connectivity index (χ2n) is 7.37. The van der Waals surface area contributed by atoms with Gasteiger partial charge in [0.15, 0.2) is 17.3 Å². The Kier molecular flexibility index (Phi) is 3.32. The van der Waals surface area contributed by atoms with Crippen molar-refractivity contribution >= 4 is 16.6 Å². The van der Waals surface area contributed by atoms with Crippen LogP contribution in [0.1, 0.15) is 67.9 Å². The van der Waals surface area contributed by atoms with Gasteiger partial charge in [-0.05, 0) is 35.4 Å². The highest BCUT2D eigenvalue weighted by Gasteiger charge is 2.35. The Hall–Kier alpha value is -2.23. The van der Waals surface area contributed by atoms with E-state index >= 15 is 0 Å². The Labute approximate surface area is 135 Å². The first-order valence-corrected chi connectivity index (χ1v) is 7.93. The molecule has 3 rings (SSSR count). The van der Waals surface area contributed by atoms with Crippen LogP contribution < -0.4 is 0 Å². The van der Waals surface area contributed by atoms with E-state index in [4.69, 9.17) is 0 Å². The van der Waals surface area contributed by atoms with Gasteiger partial charge in [-0.25, -0.2) is 0 Å². The lowest BCUT2D eigenvalue weighted by molar-refractivity contribution is 0.0958. The molecule has 122 valence electrons. The minimum absolute atomic E-state index is 0.0205. The lowest BCUT2D eigenvalue weighted by Crippen LogP contribution is -2.27. The lowest BCUT2D eigenvalue weighted by Gasteiger charge is -2.33. The van der Waals surface area contributed by atoms with Gasteiger partial charge >= 0.3 is 0 Å². The van der Waals surface area contributed by atoms with E-state index in [1.165, 1.54) is 0 Å². The maximum Gasteiger partial charge on any atom is 0.166 e. The predicted octanol–water partition coefficient (Wildman–Crippen LogP) is 4.33. The first-order chi connectivity index (χ1) is 10.6. The van der Waals surface area contributed by atoms with Crippen LogP contribution >= 0.6 is 0 Å². The van der Waals surface area contributed by atoms with E-state index in [-0.39, 0.29) is 39.8 Å². The summed E-state index contributed by atoms with van der Waals surface area (Å²) in [5, 5.41) is 32.0. The Morgan fingerprint density at radius 1 is 1.09 bits per heavy atom. The molecule has 2 aromatic carbocycles. The topological polar surface area (TPSA) is 77.8 Å².